The number of amides is 2. The summed E-state index contributed by atoms with van der Waals surface area (Å²) in [5, 5.41) is 9.18. The Morgan fingerprint density at radius 2 is 1.59 bits per heavy atom. The Morgan fingerprint density at radius 1 is 0.889 bits per heavy atom. The van der Waals surface area contributed by atoms with Gasteiger partial charge in [-0.3, -0.25) is 9.59 Å². The molecule has 0 radical (unpaired) electrons. The monoisotopic (exact) mass is 364 g/mol. The van der Waals surface area contributed by atoms with Crippen molar-refractivity contribution >= 4 is 23.5 Å². The van der Waals surface area contributed by atoms with Crippen molar-refractivity contribution in [2.45, 2.75) is 26.3 Å². The van der Waals surface area contributed by atoms with E-state index >= 15 is 0 Å². The first-order valence-electron chi connectivity index (χ1n) is 8.99. The molecule has 2 aromatic carbocycles. The number of aromatic carboxylic acids is 1. The van der Waals surface area contributed by atoms with Gasteiger partial charge in [-0.2, -0.15) is 0 Å². The highest BCUT2D eigenvalue weighted by molar-refractivity contribution is 5.98. The molecular formula is C21H20N2O4. The predicted molar refractivity (Wildman–Crippen MR) is 100 cm³/mol. The van der Waals surface area contributed by atoms with E-state index in [9.17, 15) is 19.5 Å². The Balaban J connectivity index is 1.57. The predicted octanol–water partition coefficient (Wildman–Crippen LogP) is 2.49. The first-order chi connectivity index (χ1) is 12.9. The largest absolute Gasteiger partial charge is 0.478 e. The summed E-state index contributed by atoms with van der Waals surface area (Å²) in [7, 11) is 0. The third-order valence-corrected chi connectivity index (χ3v) is 5.35. The van der Waals surface area contributed by atoms with E-state index in [0.717, 1.165) is 28.8 Å². The molecule has 2 aromatic rings. The Labute approximate surface area is 157 Å². The second kappa shape index (κ2) is 6.54. The van der Waals surface area contributed by atoms with Gasteiger partial charge in [-0.15, -0.1) is 0 Å². The fourth-order valence-corrected chi connectivity index (χ4v) is 3.91. The molecule has 0 aromatic heterocycles. The zero-order valence-corrected chi connectivity index (χ0v) is 15.1. The van der Waals surface area contributed by atoms with Gasteiger partial charge < -0.3 is 14.9 Å². The van der Waals surface area contributed by atoms with Crippen molar-refractivity contribution in [1.82, 2.24) is 4.90 Å². The Morgan fingerprint density at radius 3 is 2.33 bits per heavy atom. The van der Waals surface area contributed by atoms with Crippen LogP contribution in [0.5, 0.6) is 0 Å². The summed E-state index contributed by atoms with van der Waals surface area (Å²) in [5.41, 5.74) is 4.73. The molecule has 0 saturated carbocycles. The molecular weight excluding hydrogens is 344 g/mol. The molecule has 0 atom stereocenters. The van der Waals surface area contributed by atoms with Crippen LogP contribution in [0.25, 0.3) is 0 Å². The molecule has 6 heteroatoms. The molecule has 2 aliphatic rings. The number of hydrogen-bond acceptors (Lipinski definition) is 3. The van der Waals surface area contributed by atoms with Crippen LogP contribution in [0.4, 0.5) is 5.69 Å². The van der Waals surface area contributed by atoms with Crippen molar-refractivity contribution < 1.29 is 19.5 Å². The zero-order valence-electron chi connectivity index (χ0n) is 15.1. The van der Waals surface area contributed by atoms with Gasteiger partial charge in [-0.25, -0.2) is 4.79 Å². The highest BCUT2D eigenvalue weighted by Gasteiger charge is 2.26. The van der Waals surface area contributed by atoms with Gasteiger partial charge in [0.2, 0.25) is 5.91 Å². The van der Waals surface area contributed by atoms with Crippen molar-refractivity contribution in [2.75, 3.05) is 18.0 Å². The topological polar surface area (TPSA) is 77.9 Å². The van der Waals surface area contributed by atoms with Crippen LogP contribution in [0.15, 0.2) is 36.4 Å². The van der Waals surface area contributed by atoms with E-state index in [1.54, 1.807) is 34.9 Å². The molecule has 2 heterocycles. The molecule has 0 aliphatic carbocycles. The quantitative estimate of drug-likeness (QED) is 0.888. The van der Waals surface area contributed by atoms with Gasteiger partial charge in [0.15, 0.2) is 0 Å². The fraction of sp³-hybridized carbons (Fsp3) is 0.286. The lowest BCUT2D eigenvalue weighted by Gasteiger charge is -2.29. The second-order valence-corrected chi connectivity index (χ2v) is 7.03. The fourth-order valence-electron chi connectivity index (χ4n) is 3.91. The first-order valence-corrected chi connectivity index (χ1v) is 8.99. The third-order valence-electron chi connectivity index (χ3n) is 5.35. The van der Waals surface area contributed by atoms with E-state index in [1.807, 2.05) is 18.2 Å². The van der Waals surface area contributed by atoms with Gasteiger partial charge in [0.25, 0.3) is 5.91 Å². The average Bonchev–Trinajstić information content (AvgIpc) is 3.10. The molecule has 6 nitrogen and oxygen atoms in total. The smallest absolute Gasteiger partial charge is 0.335 e. The standard InChI is InChI=1S/C21H20N2O4/c1-13(24)23-9-7-15-10-16(4-5-19(15)23)20(25)22-8-6-14-2-3-17(21(26)27)11-18(14)12-22/h2-5,10-11H,6-9,12H2,1H3,(H,26,27). The van der Waals surface area contributed by atoms with Gasteiger partial charge in [0, 0.05) is 37.8 Å². The third kappa shape index (κ3) is 3.07. The number of carbonyl (C=O) groups excluding carboxylic acids is 2. The minimum absolute atomic E-state index is 0.00898. The summed E-state index contributed by atoms with van der Waals surface area (Å²) in [6, 6.07) is 10.6. The van der Waals surface area contributed by atoms with Crippen molar-refractivity contribution in [2.24, 2.45) is 0 Å². The van der Waals surface area contributed by atoms with Crippen LogP contribution in [-0.2, 0) is 24.2 Å². The van der Waals surface area contributed by atoms with Crippen molar-refractivity contribution in [3.8, 4) is 0 Å². The van der Waals surface area contributed by atoms with E-state index in [-0.39, 0.29) is 17.4 Å². The van der Waals surface area contributed by atoms with Crippen molar-refractivity contribution in [1.29, 1.82) is 0 Å². The molecule has 0 unspecified atom stereocenters. The molecule has 1 N–H and O–H groups in total. The lowest BCUT2D eigenvalue weighted by atomic mass is 9.96. The van der Waals surface area contributed by atoms with E-state index in [2.05, 4.69) is 0 Å². The highest BCUT2D eigenvalue weighted by atomic mass is 16.4. The van der Waals surface area contributed by atoms with E-state index < -0.39 is 5.97 Å². The molecule has 2 amide bonds. The first kappa shape index (κ1) is 17.3. The Kier molecular flexibility index (Phi) is 4.18. The van der Waals surface area contributed by atoms with Crippen LogP contribution < -0.4 is 4.90 Å². The minimum Gasteiger partial charge on any atom is -0.478 e. The average molecular weight is 364 g/mol. The molecule has 4 rings (SSSR count). The van der Waals surface area contributed by atoms with Crippen LogP contribution in [0.3, 0.4) is 0 Å². The highest BCUT2D eigenvalue weighted by Crippen LogP contribution is 2.30. The number of nitrogens with zero attached hydrogens (tertiary/aromatic N) is 2. The van der Waals surface area contributed by atoms with Crippen LogP contribution >= 0.6 is 0 Å². The number of anilines is 1. The summed E-state index contributed by atoms with van der Waals surface area (Å²) < 4.78 is 0. The molecule has 2 aliphatic heterocycles. The van der Waals surface area contributed by atoms with Gasteiger partial charge in [0.05, 0.1) is 5.56 Å². The van der Waals surface area contributed by atoms with E-state index in [4.69, 9.17) is 0 Å². The SMILES string of the molecule is CC(=O)N1CCc2cc(C(=O)N3CCc4ccc(C(=O)O)cc4C3)ccc21. The van der Waals surface area contributed by atoms with Gasteiger partial charge >= 0.3 is 5.97 Å². The molecule has 0 fully saturated rings. The summed E-state index contributed by atoms with van der Waals surface area (Å²) >= 11 is 0. The van der Waals surface area contributed by atoms with Gasteiger partial charge in [0.1, 0.15) is 0 Å². The molecule has 0 spiro atoms. The molecule has 0 saturated heterocycles. The van der Waals surface area contributed by atoms with Crippen molar-refractivity contribution in [3.63, 3.8) is 0 Å². The molecule has 27 heavy (non-hydrogen) atoms. The number of carboxylic acids is 1. The number of hydrogen-bond donors (Lipinski definition) is 1. The summed E-state index contributed by atoms with van der Waals surface area (Å²) in [5.74, 6) is -1.02. The molecule has 0 bridgehead atoms. The number of benzene rings is 2. The lowest BCUT2D eigenvalue weighted by Crippen LogP contribution is -2.36. The summed E-state index contributed by atoms with van der Waals surface area (Å²) in [4.78, 5) is 39.3. The number of carbonyl (C=O) groups is 3. The minimum atomic E-state index is -0.963. The van der Waals surface area contributed by atoms with Crippen LogP contribution in [0, 0.1) is 0 Å². The van der Waals surface area contributed by atoms with Crippen LogP contribution in [0.1, 0.15) is 44.3 Å². The maximum absolute atomic E-state index is 13.0. The normalized spacial score (nSPS) is 15.3. The molecule has 138 valence electrons. The number of carboxylic acid groups (broad SMARTS) is 1. The maximum atomic E-state index is 13.0. The lowest BCUT2D eigenvalue weighted by molar-refractivity contribution is -0.116. The zero-order chi connectivity index (χ0) is 19.1. The number of fused-ring (bicyclic) bond motifs is 2. The maximum Gasteiger partial charge on any atom is 0.335 e. The second-order valence-electron chi connectivity index (χ2n) is 7.03. The summed E-state index contributed by atoms with van der Waals surface area (Å²) in [6.07, 6.45) is 1.46. The summed E-state index contributed by atoms with van der Waals surface area (Å²) in [6.45, 7) is 3.21. The van der Waals surface area contributed by atoms with E-state index in [0.29, 0.717) is 31.6 Å². The van der Waals surface area contributed by atoms with Gasteiger partial charge in [-0.1, -0.05) is 6.07 Å². The van der Waals surface area contributed by atoms with E-state index in [1.165, 1.54) is 0 Å². The van der Waals surface area contributed by atoms with Crippen molar-refractivity contribution in [3.05, 3.63) is 64.2 Å². The Hall–Kier alpha value is -3.15. The van der Waals surface area contributed by atoms with Gasteiger partial charge in [-0.05, 0) is 59.9 Å². The Bertz CT molecular complexity index is 967. The van der Waals surface area contributed by atoms with Crippen LogP contribution in [0.2, 0.25) is 0 Å². The van der Waals surface area contributed by atoms with Crippen LogP contribution in [-0.4, -0.2) is 40.9 Å². The number of rotatable bonds is 2.